The highest BCUT2D eigenvalue weighted by molar-refractivity contribution is 6.74. The summed E-state index contributed by atoms with van der Waals surface area (Å²) in [4.78, 5) is 37.4. The van der Waals surface area contributed by atoms with Crippen molar-refractivity contribution in [2.24, 2.45) is 0 Å². The summed E-state index contributed by atoms with van der Waals surface area (Å²) in [5.41, 5.74) is -1.89. The summed E-state index contributed by atoms with van der Waals surface area (Å²) >= 11 is 55.6. The Labute approximate surface area is 696 Å². The van der Waals surface area contributed by atoms with E-state index in [2.05, 4.69) is 66.1 Å². The van der Waals surface area contributed by atoms with E-state index in [0.717, 1.165) is 56.1 Å². The van der Waals surface area contributed by atoms with Crippen molar-refractivity contribution < 1.29 is 104 Å². The largest absolute Gasteiger partial charge is 0.486 e. The standard InChI is InChI=1S/C25H24Cl3F5N4O3Si.C25H24Cl3F3N4O4Si.C19H10Cl3F5N4O3.CH4/c1-23(2,3)41(4,5)39-12-24(29,30)11-38-19-8-15(26)14(7-16(19)27)20-35-22(40-36-20)18-10-37-9-13(25(31,32)33)6-17(28)21(37)34-18;1-24(2,3)40(4,5)38-12-14(36)11-37-20-8-16(26)15(7-17(20)27)21-33-23(39-34-21)19-10-35-9-13(25(29,30)31)6-18(28)22(35)32-19;20-10-3-14(33-7-18(23,24)6-32)11(21)2-9(10)15-29-17(34-30-15)13-5-31-4-8(19(25,26)27)1-12(22)16(31)28-13;/h6-10H,11-12H2,1-5H3;6-10H,11-12H2,1-5H3;1-5,32H,6-7H2;1H4. The minimum atomic E-state index is -4.61. The molecule has 0 saturated heterocycles. The van der Waals surface area contributed by atoms with Gasteiger partial charge in [0.05, 0.1) is 68.5 Å². The molecule has 0 unspecified atom stereocenters. The zero-order chi connectivity index (χ0) is 85.0. The second-order valence-corrected chi connectivity index (χ2v) is 41.5. The number of pyridine rings is 3. The summed E-state index contributed by atoms with van der Waals surface area (Å²) in [5.74, 6) is -7.52. The van der Waals surface area contributed by atoms with Crippen LogP contribution in [0.4, 0.5) is 57.1 Å². The Kier molecular flexibility index (Phi) is 27.7. The van der Waals surface area contributed by atoms with Crippen molar-refractivity contribution in [3.05, 3.63) is 154 Å². The van der Waals surface area contributed by atoms with Gasteiger partial charge in [0.15, 0.2) is 52.6 Å². The van der Waals surface area contributed by atoms with Crippen molar-refractivity contribution in [2.45, 2.75) is 116 Å². The van der Waals surface area contributed by atoms with Gasteiger partial charge in [-0.25, -0.2) is 32.5 Å². The number of aliphatic hydroxyl groups is 1. The Morgan fingerprint density at radius 2 is 0.698 bits per heavy atom. The number of rotatable bonds is 22. The Morgan fingerprint density at radius 3 is 1.00 bits per heavy atom. The summed E-state index contributed by atoms with van der Waals surface area (Å²) in [7, 11) is -4.49. The lowest BCUT2D eigenvalue weighted by atomic mass is 10.2. The van der Waals surface area contributed by atoms with Gasteiger partial charge in [-0.2, -0.15) is 54.5 Å². The second kappa shape index (κ2) is 34.9. The molecule has 46 heteroatoms. The summed E-state index contributed by atoms with van der Waals surface area (Å²) in [6.45, 7) is 15.3. The van der Waals surface area contributed by atoms with Crippen LogP contribution in [-0.4, -0.2) is 138 Å². The number of halogens is 22. The van der Waals surface area contributed by atoms with E-state index in [1.165, 1.54) is 48.9 Å². The third-order valence-corrected chi connectivity index (χ3v) is 29.2. The molecular weight excluding hydrogens is 1790 g/mol. The van der Waals surface area contributed by atoms with Gasteiger partial charge in [0.2, 0.25) is 17.5 Å². The van der Waals surface area contributed by atoms with Crippen molar-refractivity contribution in [1.29, 1.82) is 0 Å². The van der Waals surface area contributed by atoms with Gasteiger partial charge in [-0.05, 0) is 72.7 Å². The topological polar surface area (TPSA) is 252 Å². The van der Waals surface area contributed by atoms with Crippen molar-refractivity contribution in [1.82, 2.24) is 58.6 Å². The van der Waals surface area contributed by atoms with Crippen LogP contribution in [0, 0.1) is 0 Å². The predicted octanol–water partition coefficient (Wildman–Crippen LogP) is 23.7. The number of ketones is 1. The van der Waals surface area contributed by atoms with Crippen molar-refractivity contribution in [2.75, 3.05) is 39.6 Å². The van der Waals surface area contributed by atoms with E-state index < -0.39 is 90.1 Å². The summed E-state index contributed by atoms with van der Waals surface area (Å²) in [6, 6.07) is 10.1. The van der Waals surface area contributed by atoms with Crippen LogP contribution in [0.3, 0.4) is 0 Å². The first-order valence-corrected chi connectivity index (χ1v) is 42.1. The van der Waals surface area contributed by atoms with Crippen LogP contribution < -0.4 is 14.2 Å². The number of aliphatic hydroxyl groups excluding tert-OH is 1. The molecule has 116 heavy (non-hydrogen) atoms. The minimum absolute atomic E-state index is 0. The van der Waals surface area contributed by atoms with Gasteiger partial charge in [0.25, 0.3) is 17.7 Å². The van der Waals surface area contributed by atoms with E-state index in [0.29, 0.717) is 5.56 Å². The number of nitrogens with zero attached hydrogens (tertiary/aromatic N) is 12. The van der Waals surface area contributed by atoms with E-state index in [1.807, 2.05) is 47.0 Å². The normalized spacial score (nSPS) is 12.8. The van der Waals surface area contributed by atoms with Crippen molar-refractivity contribution in [3.63, 3.8) is 0 Å². The third kappa shape index (κ3) is 21.8. The monoisotopic (exact) mass is 1850 g/mol. The Balaban J connectivity index is 0.000000199. The van der Waals surface area contributed by atoms with Crippen molar-refractivity contribution >= 4 is 144 Å². The van der Waals surface area contributed by atoms with Crippen LogP contribution in [0.5, 0.6) is 17.2 Å². The molecule has 0 atom stereocenters. The molecule has 0 aliphatic rings. The highest BCUT2D eigenvalue weighted by Crippen LogP contribution is 2.45. The lowest BCUT2D eigenvalue weighted by Gasteiger charge is -2.37. The minimum Gasteiger partial charge on any atom is -0.486 e. The van der Waals surface area contributed by atoms with Crippen LogP contribution >= 0.6 is 104 Å². The maximum absolute atomic E-state index is 14.5. The van der Waals surface area contributed by atoms with E-state index in [1.54, 1.807) is 0 Å². The van der Waals surface area contributed by atoms with E-state index in [4.69, 9.17) is 146 Å². The van der Waals surface area contributed by atoms with Gasteiger partial charge in [0.1, 0.15) is 54.2 Å². The highest BCUT2D eigenvalue weighted by Gasteiger charge is 2.43. The number of alkyl halides is 13. The lowest BCUT2D eigenvalue weighted by molar-refractivity contribution is -0.138. The number of hydrogen-bond donors (Lipinski definition) is 1. The smallest absolute Gasteiger partial charge is 0.417 e. The first-order chi connectivity index (χ1) is 53.1. The molecule has 12 rings (SSSR count). The van der Waals surface area contributed by atoms with Gasteiger partial charge < -0.3 is 54.9 Å². The predicted molar refractivity (Wildman–Crippen MR) is 413 cm³/mol. The Hall–Kier alpha value is -7.77. The zero-order valence-electron chi connectivity index (χ0n) is 60.7. The molecule has 9 heterocycles. The number of Topliss-reactive ketones (excluding diaryl/α,β-unsaturated/α-hetero) is 1. The van der Waals surface area contributed by atoms with Gasteiger partial charge >= 0.3 is 30.4 Å². The molecule has 12 aromatic rings. The Morgan fingerprint density at radius 1 is 0.397 bits per heavy atom. The first-order valence-electron chi connectivity index (χ1n) is 32.9. The highest BCUT2D eigenvalue weighted by atomic mass is 35.5. The average molecular weight is 1850 g/mol. The van der Waals surface area contributed by atoms with E-state index in [9.17, 15) is 61.9 Å². The number of carbonyl (C=O) groups is 1. The molecule has 0 radical (unpaired) electrons. The number of ether oxygens (including phenoxy) is 3. The fraction of sp³-hybridized carbons (Fsp3) is 0.343. The summed E-state index contributed by atoms with van der Waals surface area (Å²) < 4.78 is 220. The SMILES string of the molecule is C.CC(C)(C)[Si](C)(C)OCC(=O)COc1cc(Cl)c(-c2noc(-c3cn4cc(C(F)(F)F)cc(Cl)c4n3)n2)cc1Cl.CC(C)(C)[Si](C)(C)OCC(F)(F)COc1cc(Cl)c(-c2noc(-c3cn4cc(C(F)(F)F)cc(Cl)c4n3)n2)cc1Cl.OCC(F)(F)COc1cc(Cl)c(-c2noc(-c3cn4cc(C(F)(F)F)cc(Cl)c4n3)n2)cc1Cl. The zero-order valence-corrected chi connectivity index (χ0v) is 69.5. The van der Waals surface area contributed by atoms with E-state index >= 15 is 0 Å². The number of aromatic nitrogens is 12. The van der Waals surface area contributed by atoms with Crippen LogP contribution in [0.15, 0.2) is 105 Å². The lowest BCUT2D eigenvalue weighted by Crippen LogP contribution is -2.45. The van der Waals surface area contributed by atoms with Gasteiger partial charge in [-0.15, -0.1) is 0 Å². The average Bonchev–Trinajstić information content (AvgIpc) is 1.63. The fourth-order valence-electron chi connectivity index (χ4n) is 9.32. The molecule has 624 valence electrons. The fourth-order valence-corrected chi connectivity index (χ4v) is 13.4. The molecule has 0 aliphatic heterocycles. The first kappa shape index (κ1) is 92.1. The molecule has 0 saturated carbocycles. The molecule has 9 aromatic heterocycles. The van der Waals surface area contributed by atoms with Crippen LogP contribution in [-0.2, 0) is 32.2 Å². The molecule has 0 fully saturated rings. The summed E-state index contributed by atoms with van der Waals surface area (Å²) in [6.07, 6.45) is -7.57. The van der Waals surface area contributed by atoms with Crippen LogP contribution in [0.2, 0.25) is 81.5 Å². The number of imidazole rings is 3. The number of hydrogen-bond acceptors (Lipinski definition) is 19. The second-order valence-electron chi connectivity index (χ2n) is 28.2. The number of benzene rings is 3. The van der Waals surface area contributed by atoms with Gasteiger partial charge in [0, 0.05) is 72.1 Å². The molecule has 0 spiro atoms. The van der Waals surface area contributed by atoms with Crippen LogP contribution in [0.25, 0.3) is 85.9 Å². The molecular formula is C70H62Cl9F13N12O10Si2. The Bertz CT molecular complexity index is 5610. The summed E-state index contributed by atoms with van der Waals surface area (Å²) in [5, 5.41) is 19.3. The third-order valence-electron chi connectivity index (χ3n) is 17.6. The molecule has 1 N–H and O–H groups in total. The molecule has 22 nitrogen and oxygen atoms in total. The van der Waals surface area contributed by atoms with Crippen molar-refractivity contribution in [3.8, 4) is 86.2 Å². The number of carbonyl (C=O) groups excluding carboxylic acids is 1. The van der Waals surface area contributed by atoms with Gasteiger partial charge in [-0.3, -0.25) is 4.79 Å². The molecule has 3 aromatic carbocycles. The van der Waals surface area contributed by atoms with Gasteiger partial charge in [-0.1, -0.05) is 169 Å². The van der Waals surface area contributed by atoms with Crippen LogP contribution in [0.1, 0.15) is 65.7 Å². The number of fused-ring (bicyclic) bond motifs is 3. The van der Waals surface area contributed by atoms with E-state index in [-0.39, 0.29) is 179 Å². The molecule has 0 aliphatic carbocycles. The molecule has 0 amide bonds. The maximum atomic E-state index is 14.5. The maximum Gasteiger partial charge on any atom is 0.417 e. The molecule has 0 bridgehead atoms. The quantitative estimate of drug-likeness (QED) is 0.0489.